The topological polar surface area (TPSA) is 26.3 Å². The third-order valence-corrected chi connectivity index (χ3v) is 4.21. The molecule has 0 spiro atoms. The summed E-state index contributed by atoms with van der Waals surface area (Å²) in [5.74, 6) is 1.30. The smallest absolute Gasteiger partial charge is 0.306 e. The fourth-order valence-electron chi connectivity index (χ4n) is 2.82. The largest absolute Gasteiger partial charge is 0.465 e. The van der Waals surface area contributed by atoms with E-state index in [9.17, 15) is 4.79 Å². The minimum absolute atomic E-state index is 0.0107. The van der Waals surface area contributed by atoms with Crippen LogP contribution in [0.5, 0.6) is 0 Å². The second-order valence-corrected chi connectivity index (χ2v) is 4.90. The van der Waals surface area contributed by atoms with E-state index in [1.54, 1.807) is 0 Å². The second-order valence-electron chi connectivity index (χ2n) is 4.90. The first-order valence-corrected chi connectivity index (χ1v) is 5.28. The summed E-state index contributed by atoms with van der Waals surface area (Å²) in [6.45, 7) is 5.23. The fourth-order valence-corrected chi connectivity index (χ4v) is 2.82. The van der Waals surface area contributed by atoms with E-state index >= 15 is 0 Å². The molecular weight excluding hydrogens is 164 g/mol. The number of ether oxygens (including phenoxy) is 1. The molecule has 2 rings (SSSR count). The second kappa shape index (κ2) is 3.00. The van der Waals surface area contributed by atoms with Crippen LogP contribution in [0.15, 0.2) is 0 Å². The summed E-state index contributed by atoms with van der Waals surface area (Å²) in [5, 5.41) is 0. The van der Waals surface area contributed by atoms with Gasteiger partial charge in [0.15, 0.2) is 0 Å². The van der Waals surface area contributed by atoms with Gasteiger partial charge < -0.3 is 4.74 Å². The predicted molar refractivity (Wildman–Crippen MR) is 50.2 cm³/mol. The van der Waals surface area contributed by atoms with E-state index in [-0.39, 0.29) is 11.4 Å². The highest BCUT2D eigenvalue weighted by Crippen LogP contribution is 2.48. The van der Waals surface area contributed by atoms with Crippen LogP contribution in [0.25, 0.3) is 0 Å². The summed E-state index contributed by atoms with van der Waals surface area (Å²) >= 11 is 0. The van der Waals surface area contributed by atoms with Crippen LogP contribution in [0.2, 0.25) is 0 Å². The standard InChI is InChI=1S/C11H18O2/c1-8-4-3-5-9-6-10(12)13-7-11(8,9)2/h8-9H,3-7H2,1-2H3/t8-,9+,11+/m0/s1. The number of esters is 1. The molecule has 1 heterocycles. The lowest BCUT2D eigenvalue weighted by atomic mass is 9.60. The maximum absolute atomic E-state index is 11.1. The van der Waals surface area contributed by atoms with Crippen LogP contribution < -0.4 is 0 Å². The molecule has 13 heavy (non-hydrogen) atoms. The van der Waals surface area contributed by atoms with Gasteiger partial charge in [-0.15, -0.1) is 0 Å². The molecule has 2 heteroatoms. The molecule has 0 amide bonds. The Labute approximate surface area is 79.7 Å². The van der Waals surface area contributed by atoms with Gasteiger partial charge in [0.05, 0.1) is 6.61 Å². The summed E-state index contributed by atoms with van der Waals surface area (Å²) in [5.41, 5.74) is 0.270. The maximum atomic E-state index is 11.1. The molecule has 0 radical (unpaired) electrons. The van der Waals surface area contributed by atoms with Crippen molar-refractivity contribution in [1.29, 1.82) is 0 Å². The van der Waals surface area contributed by atoms with Gasteiger partial charge in [-0.2, -0.15) is 0 Å². The third kappa shape index (κ3) is 1.36. The van der Waals surface area contributed by atoms with Crippen molar-refractivity contribution in [2.75, 3.05) is 6.61 Å². The lowest BCUT2D eigenvalue weighted by Gasteiger charge is -2.48. The molecule has 1 saturated heterocycles. The van der Waals surface area contributed by atoms with Gasteiger partial charge in [0, 0.05) is 11.8 Å². The molecule has 0 aromatic heterocycles. The Morgan fingerprint density at radius 3 is 3.00 bits per heavy atom. The maximum Gasteiger partial charge on any atom is 0.306 e. The highest BCUT2D eigenvalue weighted by molar-refractivity contribution is 5.70. The molecule has 3 atom stereocenters. The normalized spacial score (nSPS) is 45.2. The van der Waals surface area contributed by atoms with Gasteiger partial charge in [-0.1, -0.05) is 26.7 Å². The van der Waals surface area contributed by atoms with Crippen molar-refractivity contribution in [3.8, 4) is 0 Å². The molecule has 0 N–H and O–H groups in total. The lowest BCUT2D eigenvalue weighted by Crippen LogP contribution is -2.46. The predicted octanol–water partition coefficient (Wildman–Crippen LogP) is 2.38. The van der Waals surface area contributed by atoms with Gasteiger partial charge in [0.2, 0.25) is 0 Å². The Morgan fingerprint density at radius 2 is 2.23 bits per heavy atom. The molecule has 0 unspecified atom stereocenters. The van der Waals surface area contributed by atoms with Crippen molar-refractivity contribution >= 4 is 5.97 Å². The summed E-state index contributed by atoms with van der Waals surface area (Å²) in [4.78, 5) is 11.1. The first-order valence-electron chi connectivity index (χ1n) is 5.28. The highest BCUT2D eigenvalue weighted by Gasteiger charge is 2.46. The van der Waals surface area contributed by atoms with Crippen LogP contribution in [0.3, 0.4) is 0 Å². The first kappa shape index (κ1) is 9.04. The number of rotatable bonds is 0. The number of cyclic esters (lactones) is 1. The zero-order chi connectivity index (χ0) is 9.47. The number of carbonyl (C=O) groups is 1. The van der Waals surface area contributed by atoms with Gasteiger partial charge in [-0.05, 0) is 18.3 Å². The van der Waals surface area contributed by atoms with Gasteiger partial charge >= 0.3 is 5.97 Å². The summed E-state index contributed by atoms with van der Waals surface area (Å²) in [6.07, 6.45) is 4.45. The average molecular weight is 182 g/mol. The van der Waals surface area contributed by atoms with Crippen LogP contribution in [0.4, 0.5) is 0 Å². The molecule has 2 nitrogen and oxygen atoms in total. The van der Waals surface area contributed by atoms with E-state index in [0.717, 1.165) is 0 Å². The minimum atomic E-state index is 0.0107. The zero-order valence-electron chi connectivity index (χ0n) is 8.51. The average Bonchev–Trinajstić information content (AvgIpc) is 2.09. The summed E-state index contributed by atoms with van der Waals surface area (Å²) in [7, 11) is 0. The molecule has 2 aliphatic rings. The van der Waals surface area contributed by atoms with Crippen molar-refractivity contribution in [3.05, 3.63) is 0 Å². The monoisotopic (exact) mass is 182 g/mol. The number of hydrogen-bond donors (Lipinski definition) is 0. The number of fused-ring (bicyclic) bond motifs is 1. The Hall–Kier alpha value is -0.530. The minimum Gasteiger partial charge on any atom is -0.465 e. The van der Waals surface area contributed by atoms with Crippen LogP contribution in [-0.4, -0.2) is 12.6 Å². The van der Waals surface area contributed by atoms with Crippen molar-refractivity contribution in [3.63, 3.8) is 0 Å². The molecule has 0 aromatic rings. The molecular formula is C11H18O2. The molecule has 1 aliphatic carbocycles. The molecule has 2 fully saturated rings. The Morgan fingerprint density at radius 1 is 1.46 bits per heavy atom. The van der Waals surface area contributed by atoms with Gasteiger partial charge in [0.25, 0.3) is 0 Å². The van der Waals surface area contributed by atoms with Crippen molar-refractivity contribution in [2.24, 2.45) is 17.3 Å². The van der Waals surface area contributed by atoms with Gasteiger partial charge in [0.1, 0.15) is 0 Å². The number of hydrogen-bond acceptors (Lipinski definition) is 2. The Balaban J connectivity index is 2.17. The van der Waals surface area contributed by atoms with Crippen LogP contribution in [0.1, 0.15) is 39.5 Å². The summed E-state index contributed by atoms with van der Waals surface area (Å²) < 4.78 is 5.18. The van der Waals surface area contributed by atoms with Gasteiger partial charge in [-0.25, -0.2) is 0 Å². The first-order chi connectivity index (χ1) is 6.13. The van der Waals surface area contributed by atoms with E-state index < -0.39 is 0 Å². The van der Waals surface area contributed by atoms with Crippen molar-refractivity contribution < 1.29 is 9.53 Å². The van der Waals surface area contributed by atoms with E-state index in [2.05, 4.69) is 13.8 Å². The quantitative estimate of drug-likeness (QED) is 0.538. The molecule has 74 valence electrons. The van der Waals surface area contributed by atoms with Crippen LogP contribution in [0, 0.1) is 17.3 Å². The van der Waals surface area contributed by atoms with E-state index in [0.29, 0.717) is 24.9 Å². The van der Waals surface area contributed by atoms with Crippen molar-refractivity contribution in [1.82, 2.24) is 0 Å². The zero-order valence-corrected chi connectivity index (χ0v) is 8.51. The van der Waals surface area contributed by atoms with E-state index in [4.69, 9.17) is 4.74 Å². The fraction of sp³-hybridized carbons (Fsp3) is 0.909. The molecule has 0 bridgehead atoms. The number of carbonyl (C=O) groups excluding carboxylic acids is 1. The van der Waals surface area contributed by atoms with E-state index in [1.807, 2.05) is 0 Å². The highest BCUT2D eigenvalue weighted by atomic mass is 16.5. The van der Waals surface area contributed by atoms with Crippen molar-refractivity contribution in [2.45, 2.75) is 39.5 Å². The van der Waals surface area contributed by atoms with Gasteiger partial charge in [-0.3, -0.25) is 4.79 Å². The molecule has 1 aliphatic heterocycles. The Bertz CT molecular complexity index is 224. The van der Waals surface area contributed by atoms with E-state index in [1.165, 1.54) is 19.3 Å². The van der Waals surface area contributed by atoms with Crippen LogP contribution >= 0.6 is 0 Å². The summed E-state index contributed by atoms with van der Waals surface area (Å²) in [6, 6.07) is 0. The molecule has 1 saturated carbocycles. The Kier molecular flexibility index (Phi) is 2.09. The lowest BCUT2D eigenvalue weighted by molar-refractivity contribution is -0.166. The molecule has 0 aromatic carbocycles. The third-order valence-electron chi connectivity index (χ3n) is 4.21. The van der Waals surface area contributed by atoms with Crippen LogP contribution in [-0.2, 0) is 9.53 Å². The SMILES string of the molecule is C[C@H]1CCC[C@@H]2CC(=O)OC[C@@]21C.